The van der Waals surface area contributed by atoms with Gasteiger partial charge in [0.15, 0.2) is 30.6 Å². The molecular weight excluding hydrogens is 718 g/mol. The van der Waals surface area contributed by atoms with Gasteiger partial charge in [0.1, 0.15) is 13.1 Å². The van der Waals surface area contributed by atoms with Crippen LogP contribution in [0.25, 0.3) is 44.9 Å². The summed E-state index contributed by atoms with van der Waals surface area (Å²) in [7, 11) is -7.72. The van der Waals surface area contributed by atoms with Gasteiger partial charge in [-0.15, -0.1) is 0 Å². The standard InChI is InChI=1S/C42H52N4O6P2/c47-53(48,49)33-11-7-3-1-5-9-27-45-29-22-37(23-30-45)35-13-17-39(18-14-35)41-21-26-43-42(44-41)40-19-15-36(16-20-40)38-24-31-46(32-25-38)28-10-6-2-4-8-12-34-54(50,51)52/h13-26,29-32H,1-12,27-28,33-34H2,(H2-2,47,48,49,50,51,52)/p+2. The van der Waals surface area contributed by atoms with Crippen LogP contribution in [-0.2, 0) is 22.2 Å². The van der Waals surface area contributed by atoms with Crippen molar-refractivity contribution in [1.29, 1.82) is 0 Å². The Labute approximate surface area is 319 Å². The zero-order valence-corrected chi connectivity index (χ0v) is 32.8. The second-order valence-corrected chi connectivity index (χ2v) is 17.6. The fraction of sp³-hybridized carbons (Fsp3) is 0.381. The second kappa shape index (κ2) is 20.7. The smallest absolute Gasteiger partial charge is 0.324 e. The van der Waals surface area contributed by atoms with E-state index < -0.39 is 15.2 Å². The summed E-state index contributed by atoms with van der Waals surface area (Å²) in [6.07, 6.45) is 21.8. The van der Waals surface area contributed by atoms with Crippen LogP contribution >= 0.6 is 15.2 Å². The second-order valence-electron chi connectivity index (χ2n) is 14.1. The number of aryl methyl sites for hydroxylation is 2. The zero-order chi connectivity index (χ0) is 38.2. The largest absolute Gasteiger partial charge is 0.325 e. The molecule has 5 aromatic rings. The summed E-state index contributed by atoms with van der Waals surface area (Å²) in [5.41, 5.74) is 7.43. The fourth-order valence-electron chi connectivity index (χ4n) is 6.54. The van der Waals surface area contributed by atoms with E-state index in [1.54, 1.807) is 0 Å². The summed E-state index contributed by atoms with van der Waals surface area (Å²) in [4.78, 5) is 45.3. The van der Waals surface area contributed by atoms with Gasteiger partial charge in [-0.25, -0.2) is 19.1 Å². The molecule has 0 aliphatic heterocycles. The molecule has 2 aromatic carbocycles. The molecule has 0 spiro atoms. The number of pyridine rings is 2. The Morgan fingerprint density at radius 2 is 0.778 bits per heavy atom. The van der Waals surface area contributed by atoms with E-state index in [0.717, 1.165) is 116 Å². The molecule has 5 rings (SSSR count). The molecule has 0 bridgehead atoms. The van der Waals surface area contributed by atoms with Crippen molar-refractivity contribution in [1.82, 2.24) is 9.97 Å². The molecule has 0 unspecified atom stereocenters. The number of aromatic nitrogens is 4. The molecule has 0 aliphatic rings. The van der Waals surface area contributed by atoms with E-state index in [4.69, 9.17) is 24.6 Å². The van der Waals surface area contributed by atoms with Crippen molar-refractivity contribution in [2.45, 2.75) is 90.1 Å². The van der Waals surface area contributed by atoms with Gasteiger partial charge in [0, 0.05) is 66.8 Å². The van der Waals surface area contributed by atoms with Gasteiger partial charge < -0.3 is 19.6 Å². The normalized spacial score (nSPS) is 11.9. The molecule has 0 fully saturated rings. The third kappa shape index (κ3) is 14.4. The van der Waals surface area contributed by atoms with Crippen molar-refractivity contribution in [3.63, 3.8) is 0 Å². The van der Waals surface area contributed by atoms with Crippen molar-refractivity contribution < 1.29 is 37.8 Å². The molecule has 0 radical (unpaired) electrons. The first-order valence-corrected chi connectivity index (χ1v) is 22.7. The highest BCUT2D eigenvalue weighted by Gasteiger charge is 2.13. The summed E-state index contributed by atoms with van der Waals surface area (Å²) in [5.74, 6) is 0.684. The van der Waals surface area contributed by atoms with Gasteiger partial charge in [0.25, 0.3) is 0 Å². The monoisotopic (exact) mass is 772 g/mol. The van der Waals surface area contributed by atoms with E-state index in [-0.39, 0.29) is 12.3 Å². The molecular formula is C42H54N4O6P2+2. The first kappa shape index (κ1) is 41.3. The van der Waals surface area contributed by atoms with Crippen molar-refractivity contribution in [2.75, 3.05) is 12.3 Å². The number of hydrogen-bond acceptors (Lipinski definition) is 4. The van der Waals surface area contributed by atoms with Crippen LogP contribution in [-0.4, -0.2) is 41.9 Å². The van der Waals surface area contributed by atoms with Crippen LogP contribution in [0.1, 0.15) is 77.0 Å². The van der Waals surface area contributed by atoms with E-state index in [1.807, 2.05) is 12.3 Å². The molecule has 4 N–H and O–H groups in total. The van der Waals surface area contributed by atoms with Crippen LogP contribution in [0.3, 0.4) is 0 Å². The molecule has 0 aliphatic carbocycles. The lowest BCUT2D eigenvalue weighted by Crippen LogP contribution is -2.32. The minimum Gasteiger partial charge on any atom is -0.324 e. The minimum absolute atomic E-state index is 0.00580. The highest BCUT2D eigenvalue weighted by atomic mass is 31.2. The summed E-state index contributed by atoms with van der Waals surface area (Å²) in [6.45, 7) is 1.90. The lowest BCUT2D eigenvalue weighted by Gasteiger charge is -2.07. The Kier molecular flexibility index (Phi) is 15.8. The van der Waals surface area contributed by atoms with E-state index in [2.05, 4.69) is 112 Å². The number of hydrogen-bond donors (Lipinski definition) is 4. The predicted octanol–water partition coefficient (Wildman–Crippen LogP) is 8.76. The van der Waals surface area contributed by atoms with Gasteiger partial charge in [0.05, 0.1) is 5.69 Å². The third-order valence-corrected chi connectivity index (χ3v) is 11.5. The number of benzene rings is 2. The van der Waals surface area contributed by atoms with Crippen LogP contribution in [0.5, 0.6) is 0 Å². The van der Waals surface area contributed by atoms with E-state index in [0.29, 0.717) is 18.7 Å². The average molecular weight is 773 g/mol. The Hall–Kier alpha value is -3.88. The minimum atomic E-state index is -3.86. The lowest BCUT2D eigenvalue weighted by molar-refractivity contribution is -0.697. The molecule has 3 heterocycles. The summed E-state index contributed by atoms with van der Waals surface area (Å²) >= 11 is 0. The predicted molar refractivity (Wildman–Crippen MR) is 213 cm³/mol. The molecule has 0 saturated heterocycles. The average Bonchev–Trinajstić information content (AvgIpc) is 3.17. The van der Waals surface area contributed by atoms with Crippen molar-refractivity contribution in [3.05, 3.63) is 110 Å². The molecule has 0 amide bonds. The topological polar surface area (TPSA) is 149 Å². The molecule has 54 heavy (non-hydrogen) atoms. The van der Waals surface area contributed by atoms with E-state index >= 15 is 0 Å². The maximum absolute atomic E-state index is 10.9. The number of nitrogens with zero attached hydrogens (tertiary/aromatic N) is 4. The number of rotatable bonds is 22. The lowest BCUT2D eigenvalue weighted by atomic mass is 10.0. The SMILES string of the molecule is O=P(O)(O)CCCCCCCC[n+]1ccc(-c2ccc(-c3ccnc(-c4ccc(-c5cc[n+](CCCCCCCCP(=O)(O)O)cc5)cc4)n3)cc2)cc1. The summed E-state index contributed by atoms with van der Waals surface area (Å²) in [5, 5.41) is 0. The van der Waals surface area contributed by atoms with Gasteiger partial charge >= 0.3 is 15.2 Å². The first-order valence-electron chi connectivity index (χ1n) is 19.1. The zero-order valence-electron chi connectivity index (χ0n) is 31.0. The van der Waals surface area contributed by atoms with Crippen LogP contribution in [0, 0.1) is 0 Å². The van der Waals surface area contributed by atoms with Crippen molar-refractivity contribution >= 4 is 15.2 Å². The van der Waals surface area contributed by atoms with Gasteiger partial charge in [-0.2, -0.15) is 0 Å². The highest BCUT2D eigenvalue weighted by molar-refractivity contribution is 7.52. The van der Waals surface area contributed by atoms with Gasteiger partial charge in [-0.1, -0.05) is 87.1 Å². The highest BCUT2D eigenvalue weighted by Crippen LogP contribution is 2.36. The van der Waals surface area contributed by atoms with Gasteiger partial charge in [0.2, 0.25) is 0 Å². The molecule has 3 aromatic heterocycles. The maximum atomic E-state index is 10.9. The van der Waals surface area contributed by atoms with Gasteiger partial charge in [-0.05, 0) is 54.0 Å². The van der Waals surface area contributed by atoms with E-state index in [9.17, 15) is 9.13 Å². The summed E-state index contributed by atoms with van der Waals surface area (Å²) < 4.78 is 26.3. The van der Waals surface area contributed by atoms with Crippen molar-refractivity contribution in [2.24, 2.45) is 0 Å². The summed E-state index contributed by atoms with van der Waals surface area (Å²) in [6, 6.07) is 27.3. The van der Waals surface area contributed by atoms with E-state index in [1.165, 1.54) is 0 Å². The Balaban J connectivity index is 1.06. The van der Waals surface area contributed by atoms with Crippen LogP contribution in [0.4, 0.5) is 0 Å². The Bertz CT molecular complexity index is 1820. The molecule has 0 saturated carbocycles. The molecule has 10 nitrogen and oxygen atoms in total. The van der Waals surface area contributed by atoms with Crippen LogP contribution in [0.2, 0.25) is 0 Å². The quantitative estimate of drug-likeness (QED) is 0.0310. The van der Waals surface area contributed by atoms with Crippen molar-refractivity contribution in [3.8, 4) is 44.9 Å². The van der Waals surface area contributed by atoms with Crippen LogP contribution < -0.4 is 9.13 Å². The Morgan fingerprint density at radius 1 is 0.426 bits per heavy atom. The first-order chi connectivity index (χ1) is 26.0. The molecule has 12 heteroatoms. The third-order valence-electron chi connectivity index (χ3n) is 9.66. The fourth-order valence-corrected chi connectivity index (χ4v) is 7.81. The number of unbranched alkanes of at least 4 members (excludes halogenated alkanes) is 10. The molecule has 286 valence electrons. The maximum Gasteiger partial charge on any atom is 0.325 e. The molecule has 0 atom stereocenters. The van der Waals surface area contributed by atoms with Crippen LogP contribution in [0.15, 0.2) is 110 Å². The Morgan fingerprint density at radius 3 is 1.20 bits per heavy atom. The van der Waals surface area contributed by atoms with Gasteiger partial charge in [-0.3, -0.25) is 9.13 Å².